The zero-order valence-electron chi connectivity index (χ0n) is 13.5. The molecule has 0 spiro atoms. The van der Waals surface area contributed by atoms with Crippen molar-refractivity contribution in [3.63, 3.8) is 0 Å². The highest BCUT2D eigenvalue weighted by Gasteiger charge is 2.29. The van der Waals surface area contributed by atoms with Crippen molar-refractivity contribution in [2.45, 2.75) is 24.6 Å². The van der Waals surface area contributed by atoms with Gasteiger partial charge in [0.1, 0.15) is 10.0 Å². The van der Waals surface area contributed by atoms with Gasteiger partial charge in [0.25, 0.3) is 10.0 Å². The lowest BCUT2D eigenvalue weighted by molar-refractivity contribution is 0.182. The van der Waals surface area contributed by atoms with E-state index in [0.29, 0.717) is 17.3 Å². The molecular formula is C15H22N4O2S2. The van der Waals surface area contributed by atoms with Crippen LogP contribution in [0.2, 0.25) is 0 Å². The molecule has 23 heavy (non-hydrogen) atoms. The minimum Gasteiger partial charge on any atom is -0.334 e. The second kappa shape index (κ2) is 6.72. The minimum absolute atomic E-state index is 0.456. The molecule has 0 unspecified atom stereocenters. The average Bonchev–Trinajstić information content (AvgIpc) is 3.14. The molecular weight excluding hydrogens is 332 g/mol. The summed E-state index contributed by atoms with van der Waals surface area (Å²) < 4.78 is 29.4. The lowest BCUT2D eigenvalue weighted by atomic mass is 10.3. The maximum absolute atomic E-state index is 12.6. The first-order valence-corrected chi connectivity index (χ1v) is 9.99. The summed E-state index contributed by atoms with van der Waals surface area (Å²) in [5.41, 5.74) is 0. The second-order valence-electron chi connectivity index (χ2n) is 5.78. The molecule has 6 nitrogen and oxygen atoms in total. The molecule has 2 aromatic heterocycles. The molecule has 1 aliphatic heterocycles. The van der Waals surface area contributed by atoms with Crippen molar-refractivity contribution in [2.75, 3.05) is 32.7 Å². The fraction of sp³-hybridized carbons (Fsp3) is 0.533. The zero-order chi connectivity index (χ0) is 16.4. The summed E-state index contributed by atoms with van der Waals surface area (Å²) in [6, 6.07) is 3.57. The Hall–Kier alpha value is -1.22. The van der Waals surface area contributed by atoms with E-state index in [2.05, 4.69) is 14.5 Å². The summed E-state index contributed by atoms with van der Waals surface area (Å²) in [6.45, 7) is 8.40. The van der Waals surface area contributed by atoms with Gasteiger partial charge in [0.15, 0.2) is 0 Å². The molecule has 0 aliphatic carbocycles. The fourth-order valence-electron chi connectivity index (χ4n) is 2.76. The largest absolute Gasteiger partial charge is 0.334 e. The van der Waals surface area contributed by atoms with Crippen molar-refractivity contribution in [3.05, 3.63) is 35.2 Å². The minimum atomic E-state index is -3.32. The molecule has 1 aliphatic rings. The van der Waals surface area contributed by atoms with E-state index in [0.717, 1.165) is 36.9 Å². The van der Waals surface area contributed by atoms with Crippen LogP contribution in [-0.4, -0.2) is 59.9 Å². The van der Waals surface area contributed by atoms with E-state index in [4.69, 9.17) is 0 Å². The van der Waals surface area contributed by atoms with E-state index in [-0.39, 0.29) is 0 Å². The van der Waals surface area contributed by atoms with Crippen LogP contribution in [0.5, 0.6) is 0 Å². The van der Waals surface area contributed by atoms with E-state index in [1.165, 1.54) is 11.3 Å². The zero-order valence-corrected chi connectivity index (χ0v) is 15.1. The van der Waals surface area contributed by atoms with Gasteiger partial charge in [-0.25, -0.2) is 13.4 Å². The Labute approximate surface area is 141 Å². The molecule has 0 N–H and O–H groups in total. The van der Waals surface area contributed by atoms with Gasteiger partial charge >= 0.3 is 0 Å². The highest BCUT2D eigenvalue weighted by atomic mass is 32.2. The molecule has 1 saturated heterocycles. The first-order valence-electron chi connectivity index (χ1n) is 7.73. The van der Waals surface area contributed by atoms with E-state index in [9.17, 15) is 8.42 Å². The molecule has 0 aromatic carbocycles. The highest BCUT2D eigenvalue weighted by Crippen LogP contribution is 2.25. The van der Waals surface area contributed by atoms with Crippen molar-refractivity contribution >= 4 is 21.4 Å². The van der Waals surface area contributed by atoms with Gasteiger partial charge in [-0.3, -0.25) is 4.90 Å². The number of nitrogens with zero attached hydrogens (tertiary/aromatic N) is 4. The standard InChI is InChI=1S/C15H22N4O2S2/c1-13-3-4-15(22-13)23(20,21)19-11-8-17(9-12-19)7-10-18-6-5-16-14(18)2/h3-6H,7-12H2,1-2H3. The van der Waals surface area contributed by atoms with Gasteiger partial charge in [-0.05, 0) is 26.0 Å². The smallest absolute Gasteiger partial charge is 0.252 e. The third-order valence-corrected chi connectivity index (χ3v) is 7.59. The lowest BCUT2D eigenvalue weighted by Crippen LogP contribution is -2.49. The maximum Gasteiger partial charge on any atom is 0.252 e. The first kappa shape index (κ1) is 16.6. The molecule has 2 aromatic rings. The van der Waals surface area contributed by atoms with Crippen LogP contribution in [0, 0.1) is 13.8 Å². The number of hydrogen-bond donors (Lipinski definition) is 0. The topological polar surface area (TPSA) is 58.4 Å². The number of imidazole rings is 1. The quantitative estimate of drug-likeness (QED) is 0.818. The number of thiophene rings is 1. The Kier molecular flexibility index (Phi) is 4.86. The Morgan fingerprint density at radius 3 is 2.43 bits per heavy atom. The van der Waals surface area contributed by atoms with Crippen molar-refractivity contribution in [1.29, 1.82) is 0 Å². The first-order chi connectivity index (χ1) is 11.0. The highest BCUT2D eigenvalue weighted by molar-refractivity contribution is 7.91. The predicted molar refractivity (Wildman–Crippen MR) is 91.2 cm³/mol. The summed E-state index contributed by atoms with van der Waals surface area (Å²) in [4.78, 5) is 7.55. The van der Waals surface area contributed by atoms with E-state index < -0.39 is 10.0 Å². The average molecular weight is 355 g/mol. The van der Waals surface area contributed by atoms with Crippen LogP contribution in [0.4, 0.5) is 0 Å². The van der Waals surface area contributed by atoms with E-state index >= 15 is 0 Å². The van der Waals surface area contributed by atoms with Crippen LogP contribution in [0.1, 0.15) is 10.7 Å². The van der Waals surface area contributed by atoms with Crippen LogP contribution in [0.25, 0.3) is 0 Å². The van der Waals surface area contributed by atoms with Crippen LogP contribution < -0.4 is 0 Å². The van der Waals surface area contributed by atoms with Gasteiger partial charge in [-0.2, -0.15) is 4.31 Å². The third-order valence-electron chi connectivity index (χ3n) is 4.22. The van der Waals surface area contributed by atoms with Gasteiger partial charge in [0, 0.05) is 56.5 Å². The molecule has 126 valence electrons. The molecule has 0 saturated carbocycles. The molecule has 0 bridgehead atoms. The number of aryl methyl sites for hydroxylation is 2. The van der Waals surface area contributed by atoms with Crippen LogP contribution in [0.15, 0.2) is 28.7 Å². The summed E-state index contributed by atoms with van der Waals surface area (Å²) >= 11 is 1.35. The Morgan fingerprint density at radius 2 is 1.87 bits per heavy atom. The Morgan fingerprint density at radius 1 is 1.13 bits per heavy atom. The summed E-state index contributed by atoms with van der Waals surface area (Å²) in [5.74, 6) is 1.01. The van der Waals surface area contributed by atoms with Crippen molar-refractivity contribution in [3.8, 4) is 0 Å². The SMILES string of the molecule is Cc1ccc(S(=O)(=O)N2CCN(CCn3ccnc3C)CC2)s1. The third kappa shape index (κ3) is 3.65. The van der Waals surface area contributed by atoms with Crippen LogP contribution in [0.3, 0.4) is 0 Å². The van der Waals surface area contributed by atoms with Gasteiger partial charge < -0.3 is 4.57 Å². The second-order valence-corrected chi connectivity index (χ2v) is 9.23. The summed E-state index contributed by atoms with van der Waals surface area (Å²) in [6.07, 6.45) is 3.79. The molecule has 0 amide bonds. The number of piperazine rings is 1. The number of aromatic nitrogens is 2. The number of sulfonamides is 1. The summed E-state index contributed by atoms with van der Waals surface area (Å²) in [5, 5.41) is 0. The van der Waals surface area contributed by atoms with Crippen molar-refractivity contribution in [2.24, 2.45) is 0 Å². The molecule has 3 rings (SSSR count). The molecule has 0 atom stereocenters. The fourth-order valence-corrected chi connectivity index (χ4v) is 5.62. The van der Waals surface area contributed by atoms with Gasteiger partial charge in [-0.15, -0.1) is 11.3 Å². The molecule has 1 fully saturated rings. The van der Waals surface area contributed by atoms with E-state index in [1.54, 1.807) is 10.4 Å². The van der Waals surface area contributed by atoms with Crippen molar-refractivity contribution < 1.29 is 8.42 Å². The normalized spacial score (nSPS) is 17.7. The van der Waals surface area contributed by atoms with Crippen LogP contribution >= 0.6 is 11.3 Å². The molecule has 0 radical (unpaired) electrons. The molecule has 3 heterocycles. The van der Waals surface area contributed by atoms with Crippen molar-refractivity contribution in [1.82, 2.24) is 18.8 Å². The summed E-state index contributed by atoms with van der Waals surface area (Å²) in [7, 11) is -3.32. The lowest BCUT2D eigenvalue weighted by Gasteiger charge is -2.33. The predicted octanol–water partition coefficient (Wildman–Crippen LogP) is 1.57. The number of rotatable bonds is 5. The Bertz CT molecular complexity index is 758. The van der Waals surface area contributed by atoms with Gasteiger partial charge in [-0.1, -0.05) is 0 Å². The van der Waals surface area contributed by atoms with Gasteiger partial charge in [0.2, 0.25) is 0 Å². The van der Waals surface area contributed by atoms with E-state index in [1.807, 2.05) is 32.3 Å². The van der Waals surface area contributed by atoms with Crippen LogP contribution in [-0.2, 0) is 16.6 Å². The Balaban J connectivity index is 1.55. The molecule has 8 heteroatoms. The maximum atomic E-state index is 12.6. The van der Waals surface area contributed by atoms with Gasteiger partial charge in [0.05, 0.1) is 0 Å². The monoisotopic (exact) mass is 354 g/mol. The number of hydrogen-bond acceptors (Lipinski definition) is 5.